The Hall–Kier alpha value is 0.466. The monoisotopic (exact) mass is 422 g/mol. The molecule has 0 amide bonds. The first-order valence-corrected chi connectivity index (χ1v) is 7.28. The average molecular weight is 425 g/mol. The van der Waals surface area contributed by atoms with Gasteiger partial charge in [0.25, 0.3) is 0 Å². The molecule has 0 bridgehead atoms. The molecule has 0 aliphatic heterocycles. The van der Waals surface area contributed by atoms with Crippen LogP contribution < -0.4 is 0 Å². The van der Waals surface area contributed by atoms with Gasteiger partial charge in [0.1, 0.15) is 0 Å². The number of rotatable bonds is 6. The van der Waals surface area contributed by atoms with Crippen molar-refractivity contribution in [2.75, 3.05) is 0 Å². The predicted molar refractivity (Wildman–Crippen MR) is 81.3 cm³/mol. The van der Waals surface area contributed by atoms with E-state index in [0.717, 1.165) is 0 Å². The van der Waals surface area contributed by atoms with Crippen LogP contribution in [0.5, 0.6) is 0 Å². The van der Waals surface area contributed by atoms with E-state index in [4.69, 9.17) is 0 Å². The van der Waals surface area contributed by atoms with E-state index in [-0.39, 0.29) is 52.4 Å². The van der Waals surface area contributed by atoms with Crippen LogP contribution in [0.4, 0.5) is 0 Å². The number of hydrogen-bond donors (Lipinski definition) is 0. The Morgan fingerprint density at radius 1 is 0.650 bits per heavy atom. The normalized spacial score (nSPS) is 8.90. The van der Waals surface area contributed by atoms with Crippen LogP contribution in [0.25, 0.3) is 0 Å². The van der Waals surface area contributed by atoms with Crippen molar-refractivity contribution < 1.29 is 52.4 Å². The molecule has 0 unspecified atom stereocenters. The quantitative estimate of drug-likeness (QED) is 0.538. The van der Waals surface area contributed by atoms with Gasteiger partial charge in [0.2, 0.25) is 0 Å². The number of hydrogen-bond acceptors (Lipinski definition) is 0. The molecule has 0 saturated carbocycles. The van der Waals surface area contributed by atoms with Gasteiger partial charge in [-0.05, 0) is 0 Å². The SMILES string of the molecule is CCCC[c-]1cccc1.CCCC[c-]1cccc1.[Zr+2].[Zr]. The Kier molecular flexibility index (Phi) is 18.0. The van der Waals surface area contributed by atoms with Crippen LogP contribution in [0.3, 0.4) is 0 Å². The molecule has 106 valence electrons. The molecule has 20 heavy (non-hydrogen) atoms. The third-order valence-electron chi connectivity index (χ3n) is 3.10. The second kappa shape index (κ2) is 15.8. The van der Waals surface area contributed by atoms with E-state index in [2.05, 4.69) is 62.4 Å². The van der Waals surface area contributed by atoms with Crippen molar-refractivity contribution in [2.45, 2.75) is 52.4 Å². The molecule has 0 aliphatic rings. The average Bonchev–Trinajstić information content (AvgIpc) is 3.07. The zero-order valence-electron chi connectivity index (χ0n) is 12.9. The first-order valence-electron chi connectivity index (χ1n) is 7.28. The molecule has 0 radical (unpaired) electrons. The van der Waals surface area contributed by atoms with Crippen molar-refractivity contribution in [2.24, 2.45) is 0 Å². The van der Waals surface area contributed by atoms with Gasteiger partial charge >= 0.3 is 26.2 Å². The summed E-state index contributed by atoms with van der Waals surface area (Å²) >= 11 is 0. The van der Waals surface area contributed by atoms with Crippen molar-refractivity contribution in [3.63, 3.8) is 0 Å². The second-order valence-electron chi connectivity index (χ2n) is 4.79. The molecule has 0 nitrogen and oxygen atoms in total. The van der Waals surface area contributed by atoms with Gasteiger partial charge in [-0.3, -0.25) is 0 Å². The van der Waals surface area contributed by atoms with Crippen molar-refractivity contribution >= 4 is 0 Å². The fourth-order valence-corrected chi connectivity index (χ4v) is 1.92. The Bertz CT molecular complexity index is 322. The number of aryl methyl sites for hydroxylation is 2. The molecule has 0 heterocycles. The van der Waals surface area contributed by atoms with Crippen molar-refractivity contribution in [3.05, 3.63) is 59.7 Å². The maximum atomic E-state index is 2.23. The summed E-state index contributed by atoms with van der Waals surface area (Å²) in [6.07, 6.45) is 7.75. The molecule has 0 aliphatic carbocycles. The van der Waals surface area contributed by atoms with Crippen LogP contribution in [0.2, 0.25) is 0 Å². The predicted octanol–water partition coefficient (Wildman–Crippen LogP) is 5.49. The first kappa shape index (κ1) is 22.7. The molecular formula is C18H26Zr2. The third-order valence-corrected chi connectivity index (χ3v) is 3.10. The topological polar surface area (TPSA) is 0 Å². The van der Waals surface area contributed by atoms with Gasteiger partial charge in [0.05, 0.1) is 0 Å². The fraction of sp³-hybridized carbons (Fsp3) is 0.444. The van der Waals surface area contributed by atoms with E-state index >= 15 is 0 Å². The second-order valence-corrected chi connectivity index (χ2v) is 4.79. The molecule has 0 aromatic heterocycles. The molecule has 2 heteroatoms. The van der Waals surface area contributed by atoms with E-state index in [0.29, 0.717) is 0 Å². The van der Waals surface area contributed by atoms with Gasteiger partial charge in [-0.15, -0.1) is 0 Å². The van der Waals surface area contributed by atoms with Crippen molar-refractivity contribution in [3.8, 4) is 0 Å². The van der Waals surface area contributed by atoms with Gasteiger partial charge in [-0.2, -0.15) is 35.4 Å². The van der Waals surface area contributed by atoms with Crippen LogP contribution in [-0.2, 0) is 65.2 Å². The van der Waals surface area contributed by atoms with E-state index in [9.17, 15) is 0 Å². The van der Waals surface area contributed by atoms with Crippen LogP contribution in [0, 0.1) is 0 Å². The summed E-state index contributed by atoms with van der Waals surface area (Å²) in [4.78, 5) is 0. The third kappa shape index (κ3) is 11.2. The summed E-state index contributed by atoms with van der Waals surface area (Å²) in [6.45, 7) is 4.45. The van der Waals surface area contributed by atoms with Gasteiger partial charge in [0.15, 0.2) is 0 Å². The molecule has 0 fully saturated rings. The summed E-state index contributed by atoms with van der Waals surface area (Å²) in [5.41, 5.74) is 2.97. The van der Waals surface area contributed by atoms with Gasteiger partial charge in [-0.1, -0.05) is 52.4 Å². The molecule has 0 saturated heterocycles. The fourth-order valence-electron chi connectivity index (χ4n) is 1.92. The summed E-state index contributed by atoms with van der Waals surface area (Å²) in [6, 6.07) is 17.2. The van der Waals surface area contributed by atoms with Crippen LogP contribution in [0.15, 0.2) is 48.5 Å². The minimum Gasteiger partial charge on any atom is -0.213 e. The first-order chi connectivity index (χ1) is 8.86. The van der Waals surface area contributed by atoms with Crippen molar-refractivity contribution in [1.29, 1.82) is 0 Å². The molecule has 2 aromatic carbocycles. The minimum atomic E-state index is 0. The zero-order chi connectivity index (χ0) is 13.1. The smallest absolute Gasteiger partial charge is 0.213 e. The summed E-state index contributed by atoms with van der Waals surface area (Å²) in [5.74, 6) is 0. The van der Waals surface area contributed by atoms with E-state index in [1.807, 2.05) is 0 Å². The summed E-state index contributed by atoms with van der Waals surface area (Å²) in [7, 11) is 0. The van der Waals surface area contributed by atoms with E-state index < -0.39 is 0 Å². The largest absolute Gasteiger partial charge is 2.00 e. The van der Waals surface area contributed by atoms with Gasteiger partial charge in [-0.25, -0.2) is 24.3 Å². The summed E-state index contributed by atoms with van der Waals surface area (Å²) in [5, 5.41) is 0. The molecule has 0 N–H and O–H groups in total. The molecule has 2 rings (SSSR count). The maximum Gasteiger partial charge on any atom is 2.00 e. The Labute approximate surface area is 163 Å². The Morgan fingerprint density at radius 3 is 1.20 bits per heavy atom. The van der Waals surface area contributed by atoms with Crippen LogP contribution in [0.1, 0.15) is 50.7 Å². The Balaban J connectivity index is 0. The zero-order valence-corrected chi connectivity index (χ0v) is 17.8. The summed E-state index contributed by atoms with van der Waals surface area (Å²) < 4.78 is 0. The van der Waals surface area contributed by atoms with E-state index in [1.54, 1.807) is 0 Å². The maximum absolute atomic E-state index is 2.23. The molecule has 2 aromatic rings. The van der Waals surface area contributed by atoms with Crippen LogP contribution in [-0.4, -0.2) is 0 Å². The van der Waals surface area contributed by atoms with Gasteiger partial charge < -0.3 is 0 Å². The molecular weight excluding hydrogens is 399 g/mol. The Morgan fingerprint density at radius 2 is 0.950 bits per heavy atom. The minimum absolute atomic E-state index is 0. The standard InChI is InChI=1S/2C9H13.2Zr/c2*1-2-3-6-9-7-4-5-8-9;;/h2*4-5,7-8H,2-3,6H2,1H3;;/q2*-1;;+2. The molecule has 0 atom stereocenters. The number of unbranched alkanes of at least 4 members (excludes halogenated alkanes) is 2. The van der Waals surface area contributed by atoms with E-state index in [1.165, 1.54) is 49.7 Å². The van der Waals surface area contributed by atoms with Crippen LogP contribution >= 0.6 is 0 Å². The molecule has 0 spiro atoms. The van der Waals surface area contributed by atoms with Crippen molar-refractivity contribution in [1.82, 2.24) is 0 Å². The van der Waals surface area contributed by atoms with Gasteiger partial charge in [0, 0.05) is 26.2 Å².